The fourth-order valence-electron chi connectivity index (χ4n) is 5.60. The number of aryl methyl sites for hydroxylation is 1. The smallest absolute Gasteiger partial charge is 0.336 e. The highest BCUT2D eigenvalue weighted by atomic mass is 16.4. The van der Waals surface area contributed by atoms with Crippen molar-refractivity contribution in [1.82, 2.24) is 9.55 Å². The molecule has 0 radical (unpaired) electrons. The predicted molar refractivity (Wildman–Crippen MR) is 173 cm³/mol. The normalized spacial score (nSPS) is 11.1. The van der Waals surface area contributed by atoms with Crippen LogP contribution in [0, 0.1) is 0 Å². The highest BCUT2D eigenvalue weighted by molar-refractivity contribution is 5.96. The third-order valence-corrected chi connectivity index (χ3v) is 7.85. The van der Waals surface area contributed by atoms with Gasteiger partial charge in [-0.05, 0) is 52.4 Å². The van der Waals surface area contributed by atoms with Crippen molar-refractivity contribution in [3.8, 4) is 33.4 Å². The number of hydrogen-bond acceptors (Lipinski definition) is 3. The van der Waals surface area contributed by atoms with E-state index in [1.165, 1.54) is 0 Å². The van der Waals surface area contributed by atoms with Gasteiger partial charge in [-0.1, -0.05) is 116 Å². The molecule has 0 spiro atoms. The van der Waals surface area contributed by atoms with E-state index in [-0.39, 0.29) is 11.0 Å². The standard InChI is InChI=1S/C38H32N2O3/c1-2-3-18-36-39-34-23-32(27-12-6-4-7-13-27)37(41)33(28-14-8-5-9-15-28)24-35(34)40(36)25-26-19-21-29(22-20-26)30-16-10-11-17-31(30)38(42)43/h4-17,19-24H,2-3,18,25H2,1H3,(H,42,43). The zero-order chi connectivity index (χ0) is 29.8. The molecular formula is C38H32N2O3. The quantitative estimate of drug-likeness (QED) is 0.191. The molecule has 1 aromatic heterocycles. The van der Waals surface area contributed by atoms with Gasteiger partial charge in [0, 0.05) is 24.1 Å². The number of carbonyl (C=O) groups is 1. The molecule has 0 aliphatic rings. The molecule has 43 heavy (non-hydrogen) atoms. The fourth-order valence-corrected chi connectivity index (χ4v) is 5.60. The van der Waals surface area contributed by atoms with Crippen LogP contribution in [0.15, 0.2) is 126 Å². The molecule has 0 unspecified atom stereocenters. The maximum absolute atomic E-state index is 14.1. The number of hydrogen-bond donors (Lipinski definition) is 1. The number of carboxylic acid groups (broad SMARTS) is 1. The van der Waals surface area contributed by atoms with E-state index in [1.807, 2.05) is 109 Å². The molecule has 212 valence electrons. The molecule has 1 heterocycles. The zero-order valence-corrected chi connectivity index (χ0v) is 24.0. The van der Waals surface area contributed by atoms with Crippen LogP contribution in [0.4, 0.5) is 0 Å². The molecule has 1 N–H and O–H groups in total. The minimum absolute atomic E-state index is 0.0292. The molecule has 6 rings (SSSR count). The van der Waals surface area contributed by atoms with E-state index in [2.05, 4.69) is 11.5 Å². The second kappa shape index (κ2) is 12.3. The molecule has 0 bridgehead atoms. The summed E-state index contributed by atoms with van der Waals surface area (Å²) >= 11 is 0. The van der Waals surface area contributed by atoms with Crippen LogP contribution in [-0.4, -0.2) is 20.6 Å². The maximum atomic E-state index is 14.1. The highest BCUT2D eigenvalue weighted by Gasteiger charge is 2.17. The summed E-state index contributed by atoms with van der Waals surface area (Å²) in [6.45, 7) is 2.74. The molecular weight excluding hydrogens is 532 g/mol. The van der Waals surface area contributed by atoms with Gasteiger partial charge in [-0.15, -0.1) is 0 Å². The summed E-state index contributed by atoms with van der Waals surface area (Å²) in [6.07, 6.45) is 2.87. The molecule has 5 aromatic carbocycles. The van der Waals surface area contributed by atoms with E-state index in [0.717, 1.165) is 58.4 Å². The lowest BCUT2D eigenvalue weighted by molar-refractivity contribution is 0.0697. The van der Waals surface area contributed by atoms with Gasteiger partial charge in [0.15, 0.2) is 5.43 Å². The van der Waals surface area contributed by atoms with Crippen molar-refractivity contribution in [3.05, 3.63) is 149 Å². The summed E-state index contributed by atoms with van der Waals surface area (Å²) in [4.78, 5) is 31.0. The molecule has 0 saturated carbocycles. The number of imidazole rings is 1. The van der Waals surface area contributed by atoms with Gasteiger partial charge in [-0.25, -0.2) is 9.78 Å². The minimum atomic E-state index is -0.945. The summed E-state index contributed by atoms with van der Waals surface area (Å²) in [5, 5.41) is 9.66. The number of unbranched alkanes of at least 4 members (excludes halogenated alkanes) is 1. The first-order valence-corrected chi connectivity index (χ1v) is 14.6. The van der Waals surface area contributed by atoms with Gasteiger partial charge in [-0.3, -0.25) is 4.79 Å². The van der Waals surface area contributed by atoms with Crippen LogP contribution < -0.4 is 5.43 Å². The lowest BCUT2D eigenvalue weighted by atomic mass is 9.99. The van der Waals surface area contributed by atoms with Crippen molar-refractivity contribution in [2.75, 3.05) is 0 Å². The Balaban J connectivity index is 1.51. The predicted octanol–water partition coefficient (Wildman–Crippen LogP) is 8.49. The van der Waals surface area contributed by atoms with Gasteiger partial charge in [0.1, 0.15) is 5.82 Å². The molecule has 0 aliphatic heterocycles. The van der Waals surface area contributed by atoms with Crippen LogP contribution >= 0.6 is 0 Å². The SMILES string of the molecule is CCCCc1nc2cc(-c3ccccc3)c(=O)c(-c3ccccc3)cc2n1Cc1ccc(-c2ccccc2C(=O)O)cc1. The Labute approximate surface area is 250 Å². The molecule has 0 fully saturated rings. The Morgan fingerprint density at radius 2 is 1.30 bits per heavy atom. The second-order valence-electron chi connectivity index (χ2n) is 10.7. The highest BCUT2D eigenvalue weighted by Crippen LogP contribution is 2.29. The monoisotopic (exact) mass is 564 g/mol. The Kier molecular flexibility index (Phi) is 7.96. The van der Waals surface area contributed by atoms with E-state index >= 15 is 0 Å². The lowest BCUT2D eigenvalue weighted by Gasteiger charge is -2.11. The van der Waals surface area contributed by atoms with E-state index in [1.54, 1.807) is 12.1 Å². The minimum Gasteiger partial charge on any atom is -0.478 e. The zero-order valence-electron chi connectivity index (χ0n) is 24.0. The third kappa shape index (κ3) is 5.75. The van der Waals surface area contributed by atoms with E-state index < -0.39 is 5.97 Å². The van der Waals surface area contributed by atoms with Crippen LogP contribution in [-0.2, 0) is 13.0 Å². The van der Waals surface area contributed by atoms with Crippen molar-refractivity contribution in [1.29, 1.82) is 0 Å². The van der Waals surface area contributed by atoms with Gasteiger partial charge in [-0.2, -0.15) is 0 Å². The van der Waals surface area contributed by atoms with Crippen LogP contribution in [0.1, 0.15) is 41.5 Å². The first kappa shape index (κ1) is 27.9. The van der Waals surface area contributed by atoms with Crippen molar-refractivity contribution >= 4 is 17.0 Å². The van der Waals surface area contributed by atoms with E-state index in [0.29, 0.717) is 23.2 Å². The summed E-state index contributed by atoms with van der Waals surface area (Å²) in [5.74, 6) is 0.0358. The second-order valence-corrected chi connectivity index (χ2v) is 10.7. The summed E-state index contributed by atoms with van der Waals surface area (Å²) < 4.78 is 2.23. The van der Waals surface area contributed by atoms with Crippen molar-refractivity contribution in [2.24, 2.45) is 0 Å². The van der Waals surface area contributed by atoms with Gasteiger partial charge in [0.2, 0.25) is 0 Å². The van der Waals surface area contributed by atoms with Crippen molar-refractivity contribution < 1.29 is 9.90 Å². The van der Waals surface area contributed by atoms with Gasteiger partial charge in [0.05, 0.1) is 16.6 Å². The van der Waals surface area contributed by atoms with Crippen molar-refractivity contribution in [3.63, 3.8) is 0 Å². The molecule has 0 amide bonds. The average molecular weight is 565 g/mol. The number of rotatable bonds is 9. The molecule has 5 nitrogen and oxygen atoms in total. The Morgan fingerprint density at radius 3 is 1.93 bits per heavy atom. The van der Waals surface area contributed by atoms with Gasteiger partial charge in [0.25, 0.3) is 0 Å². The molecule has 5 heteroatoms. The lowest BCUT2D eigenvalue weighted by Crippen LogP contribution is -2.07. The number of aromatic carboxylic acids is 1. The largest absolute Gasteiger partial charge is 0.478 e. The van der Waals surface area contributed by atoms with Gasteiger partial charge >= 0.3 is 5.97 Å². The van der Waals surface area contributed by atoms with E-state index in [9.17, 15) is 14.7 Å². The van der Waals surface area contributed by atoms with Crippen LogP contribution in [0.25, 0.3) is 44.4 Å². The summed E-state index contributed by atoms with van der Waals surface area (Å²) in [7, 11) is 0. The maximum Gasteiger partial charge on any atom is 0.336 e. The number of fused-ring (bicyclic) bond motifs is 1. The molecule has 0 aliphatic carbocycles. The first-order valence-electron chi connectivity index (χ1n) is 14.6. The Morgan fingerprint density at radius 1 is 0.721 bits per heavy atom. The van der Waals surface area contributed by atoms with Crippen LogP contribution in [0.3, 0.4) is 0 Å². The van der Waals surface area contributed by atoms with Crippen molar-refractivity contribution in [2.45, 2.75) is 32.7 Å². The summed E-state index contributed by atoms with van der Waals surface area (Å²) in [5.41, 5.74) is 7.54. The van der Waals surface area contributed by atoms with Crippen LogP contribution in [0.5, 0.6) is 0 Å². The van der Waals surface area contributed by atoms with Gasteiger partial charge < -0.3 is 9.67 Å². The third-order valence-electron chi connectivity index (χ3n) is 7.85. The van der Waals surface area contributed by atoms with Crippen LogP contribution in [0.2, 0.25) is 0 Å². The number of nitrogens with zero attached hydrogens (tertiary/aromatic N) is 2. The average Bonchev–Trinajstić information content (AvgIpc) is 3.28. The fraction of sp³-hybridized carbons (Fsp3) is 0.132. The summed E-state index contributed by atoms with van der Waals surface area (Å²) in [6, 6.07) is 38.6. The Bertz CT molecular complexity index is 1960. The van der Waals surface area contributed by atoms with E-state index in [4.69, 9.17) is 4.98 Å². The Hall–Kier alpha value is -5.29. The molecule has 6 aromatic rings. The number of carboxylic acids is 1. The topological polar surface area (TPSA) is 72.2 Å². The number of benzene rings is 4. The molecule has 0 atom stereocenters. The molecule has 0 saturated heterocycles. The first-order chi connectivity index (χ1) is 21.0. The number of aromatic nitrogens is 2.